The first-order chi connectivity index (χ1) is 10.8. The maximum atomic E-state index is 12.2. The van der Waals surface area contributed by atoms with Crippen molar-refractivity contribution in [1.82, 2.24) is 10.2 Å². The Morgan fingerprint density at radius 3 is 2.43 bits per heavy atom. The third-order valence-corrected chi connectivity index (χ3v) is 3.11. The lowest BCUT2D eigenvalue weighted by Crippen LogP contribution is -2.20. The topological polar surface area (TPSA) is 110 Å². The first-order valence-corrected chi connectivity index (χ1v) is 7.14. The van der Waals surface area contributed by atoms with Gasteiger partial charge >= 0.3 is 0 Å². The first kappa shape index (κ1) is 16.5. The second-order valence-corrected chi connectivity index (χ2v) is 6.15. The van der Waals surface area contributed by atoms with Crippen LogP contribution in [-0.4, -0.2) is 28.6 Å². The molecule has 0 aliphatic rings. The number of carbonyl (C=O) groups is 2. The second-order valence-electron chi connectivity index (χ2n) is 6.15. The lowest BCUT2D eigenvalue weighted by molar-refractivity contribution is -0.119. The van der Waals surface area contributed by atoms with Gasteiger partial charge in [-0.1, -0.05) is 20.8 Å². The maximum absolute atomic E-state index is 12.2. The number of aromatic amines is 1. The van der Waals surface area contributed by atoms with Crippen LogP contribution in [-0.2, 0) is 10.2 Å². The summed E-state index contributed by atoms with van der Waals surface area (Å²) in [7, 11) is 0. The van der Waals surface area contributed by atoms with Crippen LogP contribution < -0.4 is 15.8 Å². The molecule has 2 rings (SSSR count). The number of nitrogens with two attached hydrogens (primary N) is 1. The Morgan fingerprint density at radius 1 is 1.26 bits per heavy atom. The number of primary amides is 1. The van der Waals surface area contributed by atoms with Crippen LogP contribution in [0.3, 0.4) is 0 Å². The number of benzene rings is 1. The lowest BCUT2D eigenvalue weighted by Gasteiger charge is -2.14. The number of nitrogens with one attached hydrogen (secondary N) is 2. The van der Waals surface area contributed by atoms with E-state index >= 15 is 0 Å². The minimum atomic E-state index is -0.546. The van der Waals surface area contributed by atoms with Gasteiger partial charge < -0.3 is 15.8 Å². The summed E-state index contributed by atoms with van der Waals surface area (Å²) < 4.78 is 5.15. The number of amides is 2. The third-order valence-electron chi connectivity index (χ3n) is 3.11. The number of aromatic nitrogens is 2. The molecule has 0 saturated carbocycles. The van der Waals surface area contributed by atoms with E-state index in [0.717, 1.165) is 5.69 Å². The van der Waals surface area contributed by atoms with Gasteiger partial charge in [0.2, 0.25) is 0 Å². The molecule has 0 radical (unpaired) electrons. The zero-order chi connectivity index (χ0) is 17.0. The van der Waals surface area contributed by atoms with Gasteiger partial charge in [-0.25, -0.2) is 0 Å². The van der Waals surface area contributed by atoms with E-state index in [4.69, 9.17) is 10.5 Å². The Morgan fingerprint density at radius 2 is 1.91 bits per heavy atom. The van der Waals surface area contributed by atoms with Crippen molar-refractivity contribution in [2.24, 2.45) is 5.73 Å². The van der Waals surface area contributed by atoms with E-state index in [9.17, 15) is 9.59 Å². The molecule has 1 heterocycles. The van der Waals surface area contributed by atoms with Crippen LogP contribution in [0.25, 0.3) is 0 Å². The van der Waals surface area contributed by atoms with E-state index in [1.165, 1.54) is 0 Å². The normalized spacial score (nSPS) is 11.1. The SMILES string of the molecule is CC(C)(C)c1cc(C(=O)Nc2ccc(OCC(N)=O)cc2)n[nH]1. The fourth-order valence-electron chi connectivity index (χ4n) is 1.81. The van der Waals surface area contributed by atoms with Crippen molar-refractivity contribution in [3.05, 3.63) is 41.7 Å². The number of nitrogens with zero attached hydrogens (tertiary/aromatic N) is 1. The number of carbonyl (C=O) groups excluding carboxylic acids is 2. The monoisotopic (exact) mass is 316 g/mol. The molecular formula is C16H20N4O3. The van der Waals surface area contributed by atoms with Gasteiger partial charge in [0.15, 0.2) is 12.3 Å². The highest BCUT2D eigenvalue weighted by molar-refractivity contribution is 6.02. The molecule has 2 aromatic rings. The first-order valence-electron chi connectivity index (χ1n) is 7.14. The molecule has 1 aromatic heterocycles. The number of H-pyrrole nitrogens is 1. The van der Waals surface area contributed by atoms with Crippen LogP contribution in [0.2, 0.25) is 0 Å². The van der Waals surface area contributed by atoms with Crippen molar-refractivity contribution < 1.29 is 14.3 Å². The molecule has 23 heavy (non-hydrogen) atoms. The lowest BCUT2D eigenvalue weighted by atomic mass is 9.92. The summed E-state index contributed by atoms with van der Waals surface area (Å²) in [6.07, 6.45) is 0. The van der Waals surface area contributed by atoms with Crippen LogP contribution in [0, 0.1) is 0 Å². The minimum absolute atomic E-state index is 0.106. The van der Waals surface area contributed by atoms with Crippen molar-refractivity contribution in [2.45, 2.75) is 26.2 Å². The van der Waals surface area contributed by atoms with E-state index in [-0.39, 0.29) is 17.9 Å². The Hall–Kier alpha value is -2.83. The van der Waals surface area contributed by atoms with Crippen molar-refractivity contribution >= 4 is 17.5 Å². The standard InChI is InChI=1S/C16H20N4O3/c1-16(2,3)13-8-12(19-20-13)15(22)18-10-4-6-11(7-5-10)23-9-14(17)21/h4-8H,9H2,1-3H3,(H2,17,21)(H,18,22)(H,19,20). The average molecular weight is 316 g/mol. The zero-order valence-electron chi connectivity index (χ0n) is 13.3. The van der Waals surface area contributed by atoms with Gasteiger partial charge in [-0.15, -0.1) is 0 Å². The number of anilines is 1. The minimum Gasteiger partial charge on any atom is -0.484 e. The highest BCUT2D eigenvalue weighted by Gasteiger charge is 2.19. The van der Waals surface area contributed by atoms with Crippen molar-refractivity contribution in [2.75, 3.05) is 11.9 Å². The highest BCUT2D eigenvalue weighted by Crippen LogP contribution is 2.21. The van der Waals surface area contributed by atoms with E-state index in [0.29, 0.717) is 17.1 Å². The number of rotatable bonds is 5. The molecule has 2 amide bonds. The van der Waals surface area contributed by atoms with Crippen LogP contribution >= 0.6 is 0 Å². The summed E-state index contributed by atoms with van der Waals surface area (Å²) in [5.74, 6) is -0.352. The summed E-state index contributed by atoms with van der Waals surface area (Å²) in [6.45, 7) is 5.92. The molecule has 0 aliphatic heterocycles. The van der Waals surface area contributed by atoms with Crippen molar-refractivity contribution in [3.8, 4) is 5.75 Å². The zero-order valence-corrected chi connectivity index (χ0v) is 13.3. The molecule has 0 spiro atoms. The van der Waals surface area contributed by atoms with Crippen molar-refractivity contribution in [3.63, 3.8) is 0 Å². The summed E-state index contributed by atoms with van der Waals surface area (Å²) in [5.41, 5.74) is 6.70. The predicted molar refractivity (Wildman–Crippen MR) is 86.4 cm³/mol. The summed E-state index contributed by atoms with van der Waals surface area (Å²) in [4.78, 5) is 22.8. The fraction of sp³-hybridized carbons (Fsp3) is 0.312. The molecule has 122 valence electrons. The van der Waals surface area contributed by atoms with Crippen LogP contribution in [0.4, 0.5) is 5.69 Å². The van der Waals surface area contributed by atoms with E-state index < -0.39 is 5.91 Å². The smallest absolute Gasteiger partial charge is 0.276 e. The number of hydrogen-bond acceptors (Lipinski definition) is 4. The van der Waals surface area contributed by atoms with E-state index in [2.05, 4.69) is 15.5 Å². The Balaban J connectivity index is 2.00. The Labute approximate surface area is 134 Å². The predicted octanol–water partition coefficient (Wildman–Crippen LogP) is 1.82. The highest BCUT2D eigenvalue weighted by atomic mass is 16.5. The van der Waals surface area contributed by atoms with Crippen LogP contribution in [0.1, 0.15) is 37.0 Å². The second kappa shape index (κ2) is 6.51. The van der Waals surface area contributed by atoms with Gasteiger partial charge in [-0.3, -0.25) is 14.7 Å². The number of hydrogen-bond donors (Lipinski definition) is 3. The molecule has 7 heteroatoms. The summed E-state index contributed by atoms with van der Waals surface area (Å²) >= 11 is 0. The Bertz CT molecular complexity index is 699. The van der Waals surface area contributed by atoms with Gasteiger partial charge in [-0.05, 0) is 30.3 Å². The van der Waals surface area contributed by atoms with Crippen LogP contribution in [0.15, 0.2) is 30.3 Å². The molecule has 0 saturated heterocycles. The summed E-state index contributed by atoms with van der Waals surface area (Å²) in [5, 5.41) is 9.65. The van der Waals surface area contributed by atoms with Gasteiger partial charge in [0.05, 0.1) is 0 Å². The van der Waals surface area contributed by atoms with Gasteiger partial charge in [0, 0.05) is 16.8 Å². The largest absolute Gasteiger partial charge is 0.484 e. The Kier molecular flexibility index (Phi) is 4.68. The molecular weight excluding hydrogens is 296 g/mol. The number of ether oxygens (including phenoxy) is 1. The molecule has 0 atom stereocenters. The van der Waals surface area contributed by atoms with Crippen molar-refractivity contribution in [1.29, 1.82) is 0 Å². The van der Waals surface area contributed by atoms with Gasteiger partial charge in [0.25, 0.3) is 11.8 Å². The van der Waals surface area contributed by atoms with Crippen LogP contribution in [0.5, 0.6) is 5.75 Å². The molecule has 0 aliphatic carbocycles. The molecule has 0 fully saturated rings. The van der Waals surface area contributed by atoms with E-state index in [1.54, 1.807) is 30.3 Å². The fourth-order valence-corrected chi connectivity index (χ4v) is 1.81. The third kappa shape index (κ3) is 4.57. The summed E-state index contributed by atoms with van der Waals surface area (Å²) in [6, 6.07) is 8.37. The van der Waals surface area contributed by atoms with Gasteiger partial charge in [-0.2, -0.15) is 5.10 Å². The quantitative estimate of drug-likeness (QED) is 0.781. The molecule has 4 N–H and O–H groups in total. The molecule has 0 unspecified atom stereocenters. The molecule has 0 bridgehead atoms. The molecule has 7 nitrogen and oxygen atoms in total. The maximum Gasteiger partial charge on any atom is 0.276 e. The molecule has 1 aromatic carbocycles. The van der Waals surface area contributed by atoms with Gasteiger partial charge in [0.1, 0.15) is 5.75 Å². The average Bonchev–Trinajstić information content (AvgIpc) is 2.96. The van der Waals surface area contributed by atoms with E-state index in [1.807, 2.05) is 20.8 Å².